The van der Waals surface area contributed by atoms with Crippen molar-refractivity contribution in [2.45, 2.75) is 37.7 Å². The summed E-state index contributed by atoms with van der Waals surface area (Å²) in [5.74, 6) is 0.249. The van der Waals surface area contributed by atoms with Gasteiger partial charge in [-0.15, -0.1) is 5.10 Å². The maximum atomic E-state index is 14.8. The van der Waals surface area contributed by atoms with Crippen LogP contribution in [0.2, 0.25) is 0 Å². The second-order valence-electron chi connectivity index (χ2n) is 7.19. The minimum absolute atomic E-state index is 0.224. The number of fused-ring (bicyclic) bond motifs is 1. The maximum absolute atomic E-state index is 14.8. The van der Waals surface area contributed by atoms with Crippen LogP contribution in [0.5, 0.6) is 0 Å². The summed E-state index contributed by atoms with van der Waals surface area (Å²) in [6, 6.07) is 13.8. The highest BCUT2D eigenvalue weighted by Gasteiger charge is 2.36. The molecular formula is C23H23FN4O2S. The third-order valence-corrected chi connectivity index (χ3v) is 6.03. The summed E-state index contributed by atoms with van der Waals surface area (Å²) in [6.45, 7) is 5.79. The topological polar surface area (TPSA) is 69.0 Å². The Kier molecular flexibility index (Phi) is 6.08. The van der Waals surface area contributed by atoms with Gasteiger partial charge in [-0.05, 0) is 38.0 Å². The molecule has 0 saturated carbocycles. The molecule has 3 aromatic rings. The van der Waals surface area contributed by atoms with E-state index < -0.39 is 17.8 Å². The molecule has 0 radical (unpaired) electrons. The number of esters is 1. The fraction of sp³-hybridized carbons (Fsp3) is 0.261. The summed E-state index contributed by atoms with van der Waals surface area (Å²) in [6.07, 6.45) is 0. The number of carbonyl (C=O) groups excluding carboxylic acids is 1. The van der Waals surface area contributed by atoms with Gasteiger partial charge >= 0.3 is 5.97 Å². The number of nitrogens with zero attached hydrogens (tertiary/aromatic N) is 3. The average molecular weight is 439 g/mol. The Hall–Kier alpha value is -3.13. The van der Waals surface area contributed by atoms with Crippen LogP contribution in [0.25, 0.3) is 0 Å². The van der Waals surface area contributed by atoms with Crippen molar-refractivity contribution in [1.82, 2.24) is 14.8 Å². The van der Waals surface area contributed by atoms with Crippen LogP contribution >= 0.6 is 11.8 Å². The maximum Gasteiger partial charge on any atom is 0.338 e. The van der Waals surface area contributed by atoms with E-state index in [9.17, 15) is 9.18 Å². The lowest BCUT2D eigenvalue weighted by Gasteiger charge is -2.28. The van der Waals surface area contributed by atoms with Crippen molar-refractivity contribution >= 4 is 23.7 Å². The van der Waals surface area contributed by atoms with E-state index in [4.69, 9.17) is 4.74 Å². The molecule has 1 aromatic heterocycles. The number of allylic oxidation sites excluding steroid dienone is 1. The van der Waals surface area contributed by atoms with Crippen molar-refractivity contribution in [2.75, 3.05) is 11.9 Å². The molecule has 1 aliphatic heterocycles. The van der Waals surface area contributed by atoms with Gasteiger partial charge in [-0.3, -0.25) is 0 Å². The zero-order valence-corrected chi connectivity index (χ0v) is 18.4. The second-order valence-corrected chi connectivity index (χ2v) is 8.13. The van der Waals surface area contributed by atoms with E-state index in [0.29, 0.717) is 33.7 Å². The predicted molar refractivity (Wildman–Crippen MR) is 118 cm³/mol. The van der Waals surface area contributed by atoms with E-state index in [1.807, 2.05) is 12.1 Å². The first-order valence-electron chi connectivity index (χ1n) is 10.0. The van der Waals surface area contributed by atoms with Gasteiger partial charge in [0, 0.05) is 17.0 Å². The minimum atomic E-state index is -0.767. The number of thioether (sulfide) groups is 1. The Labute approximate surface area is 184 Å². The number of rotatable bonds is 6. The van der Waals surface area contributed by atoms with E-state index in [1.54, 1.807) is 36.7 Å². The van der Waals surface area contributed by atoms with E-state index in [1.165, 1.54) is 29.0 Å². The molecule has 160 valence electrons. The number of halogens is 1. The van der Waals surface area contributed by atoms with Crippen LogP contribution in [-0.4, -0.2) is 27.3 Å². The lowest BCUT2D eigenvalue weighted by atomic mass is 9.95. The molecule has 4 rings (SSSR count). The molecule has 6 nitrogen and oxygen atoms in total. The number of aromatic nitrogens is 3. The third kappa shape index (κ3) is 4.20. The average Bonchev–Trinajstić information content (AvgIpc) is 3.15. The monoisotopic (exact) mass is 438 g/mol. The fourth-order valence-electron chi connectivity index (χ4n) is 3.56. The Morgan fingerprint density at radius 2 is 1.94 bits per heavy atom. The standard InChI is InChI=1S/C23H23FN4O2S/c1-4-30-21(29)19-15(3)25-22-26-23(31-13-16-10-6-5-9-14(16)2)27-28(22)20(19)17-11-7-8-12-18(17)24/h5-12,20H,4,13H2,1-3H3,(H,25,26,27)/t20-/m1/s1. The van der Waals surface area contributed by atoms with Gasteiger partial charge in [0.15, 0.2) is 0 Å². The van der Waals surface area contributed by atoms with Crippen LogP contribution in [0.4, 0.5) is 10.3 Å². The first kappa shape index (κ1) is 21.1. The van der Waals surface area contributed by atoms with Gasteiger partial charge in [0.25, 0.3) is 0 Å². The summed E-state index contributed by atoms with van der Waals surface area (Å²) in [4.78, 5) is 17.3. The van der Waals surface area contributed by atoms with Crippen LogP contribution < -0.4 is 5.32 Å². The molecule has 31 heavy (non-hydrogen) atoms. The smallest absolute Gasteiger partial charge is 0.338 e. The second kappa shape index (κ2) is 8.93. The van der Waals surface area contributed by atoms with Gasteiger partial charge in [-0.25, -0.2) is 13.9 Å². The molecule has 0 fully saturated rings. The summed E-state index contributed by atoms with van der Waals surface area (Å²) in [5, 5.41) is 8.30. The van der Waals surface area contributed by atoms with Crippen LogP contribution in [0.3, 0.4) is 0 Å². The van der Waals surface area contributed by atoms with E-state index in [0.717, 1.165) is 0 Å². The molecule has 0 saturated heterocycles. The summed E-state index contributed by atoms with van der Waals surface area (Å²) in [7, 11) is 0. The fourth-order valence-corrected chi connectivity index (χ4v) is 4.47. The molecule has 1 atom stereocenters. The number of nitrogens with one attached hydrogen (secondary N) is 1. The van der Waals surface area contributed by atoms with Crippen molar-refractivity contribution < 1.29 is 13.9 Å². The quantitative estimate of drug-likeness (QED) is 0.437. The van der Waals surface area contributed by atoms with Crippen molar-refractivity contribution in [1.29, 1.82) is 0 Å². The number of benzene rings is 2. The first-order valence-corrected chi connectivity index (χ1v) is 11.0. The van der Waals surface area contributed by atoms with Crippen molar-refractivity contribution in [3.8, 4) is 0 Å². The highest BCUT2D eigenvalue weighted by molar-refractivity contribution is 7.98. The van der Waals surface area contributed by atoms with Gasteiger partial charge in [0.05, 0.1) is 12.2 Å². The van der Waals surface area contributed by atoms with Crippen molar-refractivity contribution in [3.05, 3.63) is 82.3 Å². The SMILES string of the molecule is CCOC(=O)C1=C(C)Nc2nc(SCc3ccccc3C)nn2[C@@H]1c1ccccc1F. The number of ether oxygens (including phenoxy) is 1. The highest BCUT2D eigenvalue weighted by Crippen LogP contribution is 2.38. The van der Waals surface area contributed by atoms with Gasteiger partial charge in [-0.2, -0.15) is 4.98 Å². The molecule has 0 bridgehead atoms. The normalized spacial score (nSPS) is 15.4. The number of hydrogen-bond donors (Lipinski definition) is 1. The van der Waals surface area contributed by atoms with Crippen LogP contribution in [-0.2, 0) is 15.3 Å². The molecule has 0 aliphatic carbocycles. The van der Waals surface area contributed by atoms with Gasteiger partial charge in [-0.1, -0.05) is 54.2 Å². The molecule has 8 heteroatoms. The van der Waals surface area contributed by atoms with Crippen LogP contribution in [0.15, 0.2) is 65.0 Å². The number of carbonyl (C=O) groups is 1. The molecule has 1 aliphatic rings. The van der Waals surface area contributed by atoms with Crippen LogP contribution in [0, 0.1) is 12.7 Å². The summed E-state index contributed by atoms with van der Waals surface area (Å²) in [5.41, 5.74) is 3.62. The first-order chi connectivity index (χ1) is 15.0. The number of anilines is 1. The van der Waals surface area contributed by atoms with Gasteiger partial charge < -0.3 is 10.1 Å². The Morgan fingerprint density at radius 1 is 1.19 bits per heavy atom. The van der Waals surface area contributed by atoms with E-state index in [-0.39, 0.29) is 6.61 Å². The van der Waals surface area contributed by atoms with Crippen molar-refractivity contribution in [3.63, 3.8) is 0 Å². The number of hydrogen-bond acceptors (Lipinski definition) is 6. The van der Waals surface area contributed by atoms with Gasteiger partial charge in [0.2, 0.25) is 11.1 Å². The minimum Gasteiger partial charge on any atom is -0.463 e. The predicted octanol–water partition coefficient (Wildman–Crippen LogP) is 4.87. The summed E-state index contributed by atoms with van der Waals surface area (Å²) >= 11 is 1.49. The zero-order valence-electron chi connectivity index (χ0n) is 17.6. The lowest BCUT2D eigenvalue weighted by Crippen LogP contribution is -2.30. The van der Waals surface area contributed by atoms with E-state index in [2.05, 4.69) is 34.5 Å². The molecule has 0 spiro atoms. The van der Waals surface area contributed by atoms with Crippen molar-refractivity contribution in [2.24, 2.45) is 0 Å². The Morgan fingerprint density at radius 3 is 2.68 bits per heavy atom. The zero-order chi connectivity index (χ0) is 22.0. The molecule has 2 heterocycles. The molecule has 1 N–H and O–H groups in total. The summed E-state index contributed by atoms with van der Waals surface area (Å²) < 4.78 is 21.6. The lowest BCUT2D eigenvalue weighted by molar-refractivity contribution is -0.139. The van der Waals surface area contributed by atoms with E-state index >= 15 is 0 Å². The molecule has 0 amide bonds. The molecule has 2 aromatic carbocycles. The third-order valence-electron chi connectivity index (χ3n) is 5.15. The Bertz CT molecular complexity index is 1160. The van der Waals surface area contributed by atoms with Crippen LogP contribution in [0.1, 0.15) is 36.6 Å². The number of aryl methyl sites for hydroxylation is 1. The highest BCUT2D eigenvalue weighted by atomic mass is 32.2. The molecule has 0 unspecified atom stereocenters. The largest absolute Gasteiger partial charge is 0.463 e. The molecular weight excluding hydrogens is 415 g/mol. The Balaban J connectivity index is 1.72. The van der Waals surface area contributed by atoms with Gasteiger partial charge in [0.1, 0.15) is 11.9 Å².